The number of amides is 2. The van der Waals surface area contributed by atoms with Crippen LogP contribution in [0.15, 0.2) is 0 Å². The van der Waals surface area contributed by atoms with E-state index in [9.17, 15) is 4.79 Å². The van der Waals surface area contributed by atoms with Crippen LogP contribution in [0.4, 0.5) is 4.79 Å². The van der Waals surface area contributed by atoms with Crippen LogP contribution in [0.3, 0.4) is 0 Å². The Labute approximate surface area is 96.3 Å². The Balaban J connectivity index is 2.55. The van der Waals surface area contributed by atoms with Gasteiger partial charge in [-0.2, -0.15) is 0 Å². The minimum atomic E-state index is -0.422. The van der Waals surface area contributed by atoms with Crippen molar-refractivity contribution in [3.8, 4) is 0 Å². The zero-order valence-electron chi connectivity index (χ0n) is 10.2. The summed E-state index contributed by atoms with van der Waals surface area (Å²) in [6.07, 6.45) is 0. The highest BCUT2D eigenvalue weighted by Crippen LogP contribution is 2.16. The summed E-state index contributed by atoms with van der Waals surface area (Å²) in [5.74, 6) is 0.167. The van der Waals surface area contributed by atoms with Crippen molar-refractivity contribution in [1.29, 1.82) is 5.41 Å². The Morgan fingerprint density at radius 3 is 2.19 bits per heavy atom. The molecule has 92 valence electrons. The van der Waals surface area contributed by atoms with Gasteiger partial charge in [0, 0.05) is 33.2 Å². The first-order chi connectivity index (χ1) is 7.39. The molecule has 1 saturated heterocycles. The van der Waals surface area contributed by atoms with Gasteiger partial charge < -0.3 is 16.0 Å². The van der Waals surface area contributed by atoms with Crippen LogP contribution in [0.1, 0.15) is 13.8 Å². The van der Waals surface area contributed by atoms with E-state index in [-0.39, 0.29) is 11.9 Å². The maximum Gasteiger partial charge on any atom is 0.317 e. The topological polar surface area (TPSA) is 85.5 Å². The van der Waals surface area contributed by atoms with Gasteiger partial charge in [-0.05, 0) is 13.8 Å². The van der Waals surface area contributed by atoms with Crippen LogP contribution in [0.5, 0.6) is 0 Å². The smallest absolute Gasteiger partial charge is 0.317 e. The molecule has 0 bridgehead atoms. The fourth-order valence-corrected chi connectivity index (χ4v) is 1.80. The second-order valence-corrected chi connectivity index (χ2v) is 4.50. The van der Waals surface area contributed by atoms with Crippen LogP contribution < -0.4 is 11.1 Å². The molecule has 0 unspecified atom stereocenters. The second kappa shape index (κ2) is 4.69. The third-order valence-corrected chi connectivity index (χ3v) is 3.23. The number of carbonyl (C=O) groups excluding carboxylic acids is 1. The lowest BCUT2D eigenvalue weighted by Gasteiger charge is -2.43. The number of piperazine rings is 1. The van der Waals surface area contributed by atoms with Crippen molar-refractivity contribution in [2.24, 2.45) is 5.73 Å². The van der Waals surface area contributed by atoms with Crippen molar-refractivity contribution in [3.63, 3.8) is 0 Å². The predicted octanol–water partition coefficient (Wildman–Crippen LogP) is -0.342. The molecule has 4 N–H and O–H groups in total. The molecule has 1 fully saturated rings. The van der Waals surface area contributed by atoms with E-state index >= 15 is 0 Å². The SMILES string of the molecule is CNC(=O)N1CCN(C(C)(C)C(=N)N)CC1. The molecule has 0 aromatic heterocycles. The maximum absolute atomic E-state index is 11.4. The standard InChI is InChI=1S/C10H21N5O/c1-10(2,8(11)12)15-6-4-14(5-7-15)9(16)13-3/h4-7H2,1-3H3,(H3,11,12)(H,13,16). The monoisotopic (exact) mass is 227 g/mol. The van der Waals surface area contributed by atoms with E-state index in [0.29, 0.717) is 13.1 Å². The maximum atomic E-state index is 11.4. The van der Waals surface area contributed by atoms with Gasteiger partial charge in [0.2, 0.25) is 0 Å². The molecule has 1 heterocycles. The van der Waals surface area contributed by atoms with E-state index < -0.39 is 5.54 Å². The summed E-state index contributed by atoms with van der Waals surface area (Å²) in [4.78, 5) is 15.3. The van der Waals surface area contributed by atoms with Crippen LogP contribution >= 0.6 is 0 Å². The van der Waals surface area contributed by atoms with E-state index in [1.54, 1.807) is 11.9 Å². The molecule has 6 nitrogen and oxygen atoms in total. The average Bonchev–Trinajstić information content (AvgIpc) is 2.28. The first kappa shape index (κ1) is 12.8. The summed E-state index contributed by atoms with van der Waals surface area (Å²) in [5, 5.41) is 10.2. The Bertz CT molecular complexity index is 281. The van der Waals surface area contributed by atoms with Crippen molar-refractivity contribution in [2.45, 2.75) is 19.4 Å². The third-order valence-electron chi connectivity index (χ3n) is 3.23. The minimum absolute atomic E-state index is 0.0414. The van der Waals surface area contributed by atoms with Crippen molar-refractivity contribution in [2.75, 3.05) is 33.2 Å². The number of rotatable bonds is 2. The molecular weight excluding hydrogens is 206 g/mol. The lowest BCUT2D eigenvalue weighted by molar-refractivity contribution is 0.0975. The van der Waals surface area contributed by atoms with E-state index in [0.717, 1.165) is 13.1 Å². The molecule has 0 atom stereocenters. The summed E-state index contributed by atoms with van der Waals surface area (Å²) in [6, 6.07) is -0.0414. The Hall–Kier alpha value is -1.30. The third kappa shape index (κ3) is 2.44. The van der Waals surface area contributed by atoms with Crippen LogP contribution in [-0.4, -0.2) is 60.4 Å². The molecule has 2 amide bonds. The summed E-state index contributed by atoms with van der Waals surface area (Å²) in [7, 11) is 1.63. The molecule has 1 aliphatic rings. The lowest BCUT2D eigenvalue weighted by Crippen LogP contribution is -2.60. The van der Waals surface area contributed by atoms with Crippen LogP contribution in [0.2, 0.25) is 0 Å². The van der Waals surface area contributed by atoms with Gasteiger partial charge in [0.15, 0.2) is 0 Å². The Morgan fingerprint density at radius 2 is 1.81 bits per heavy atom. The molecule has 0 aromatic carbocycles. The number of nitrogens with zero attached hydrogens (tertiary/aromatic N) is 2. The first-order valence-corrected chi connectivity index (χ1v) is 5.45. The van der Waals surface area contributed by atoms with Gasteiger partial charge in [0.25, 0.3) is 0 Å². The molecule has 6 heteroatoms. The van der Waals surface area contributed by atoms with Gasteiger partial charge in [-0.3, -0.25) is 10.3 Å². The zero-order chi connectivity index (χ0) is 12.3. The van der Waals surface area contributed by atoms with Gasteiger partial charge >= 0.3 is 6.03 Å². The summed E-state index contributed by atoms with van der Waals surface area (Å²) < 4.78 is 0. The largest absolute Gasteiger partial charge is 0.386 e. The number of urea groups is 1. The second-order valence-electron chi connectivity index (χ2n) is 4.50. The molecule has 1 rings (SSSR count). The van der Waals surface area contributed by atoms with Crippen LogP contribution in [0.25, 0.3) is 0 Å². The Morgan fingerprint density at radius 1 is 1.31 bits per heavy atom. The van der Waals surface area contributed by atoms with E-state index in [4.69, 9.17) is 11.1 Å². The number of carbonyl (C=O) groups is 1. The number of hydrogen-bond donors (Lipinski definition) is 3. The fraction of sp³-hybridized carbons (Fsp3) is 0.800. The highest BCUT2D eigenvalue weighted by Gasteiger charge is 2.33. The molecule has 0 saturated carbocycles. The molecule has 0 aliphatic carbocycles. The molecule has 1 aliphatic heterocycles. The van der Waals surface area contributed by atoms with Crippen LogP contribution in [0, 0.1) is 5.41 Å². The van der Waals surface area contributed by atoms with Crippen molar-refractivity contribution < 1.29 is 4.79 Å². The van der Waals surface area contributed by atoms with Gasteiger partial charge in [0.05, 0.1) is 5.54 Å². The molecule has 0 radical (unpaired) electrons. The van der Waals surface area contributed by atoms with Crippen molar-refractivity contribution >= 4 is 11.9 Å². The van der Waals surface area contributed by atoms with E-state index in [2.05, 4.69) is 10.2 Å². The summed E-state index contributed by atoms with van der Waals surface area (Å²) >= 11 is 0. The lowest BCUT2D eigenvalue weighted by atomic mass is 10.0. The fourth-order valence-electron chi connectivity index (χ4n) is 1.80. The van der Waals surface area contributed by atoms with Gasteiger partial charge in [0.1, 0.15) is 5.84 Å². The average molecular weight is 227 g/mol. The molecule has 16 heavy (non-hydrogen) atoms. The summed E-state index contributed by atoms with van der Waals surface area (Å²) in [6.45, 7) is 6.72. The van der Waals surface area contributed by atoms with E-state index in [1.807, 2.05) is 13.8 Å². The summed E-state index contributed by atoms with van der Waals surface area (Å²) in [5.41, 5.74) is 5.15. The van der Waals surface area contributed by atoms with Gasteiger partial charge in [-0.1, -0.05) is 0 Å². The van der Waals surface area contributed by atoms with E-state index in [1.165, 1.54) is 0 Å². The number of hydrogen-bond acceptors (Lipinski definition) is 3. The van der Waals surface area contributed by atoms with Gasteiger partial charge in [-0.25, -0.2) is 4.79 Å². The highest BCUT2D eigenvalue weighted by molar-refractivity contribution is 5.86. The molecule has 0 aromatic rings. The van der Waals surface area contributed by atoms with Crippen molar-refractivity contribution in [1.82, 2.24) is 15.1 Å². The van der Waals surface area contributed by atoms with Gasteiger partial charge in [-0.15, -0.1) is 0 Å². The van der Waals surface area contributed by atoms with Crippen LogP contribution in [-0.2, 0) is 0 Å². The zero-order valence-corrected chi connectivity index (χ0v) is 10.2. The minimum Gasteiger partial charge on any atom is -0.386 e. The highest BCUT2D eigenvalue weighted by atomic mass is 16.2. The van der Waals surface area contributed by atoms with Crippen molar-refractivity contribution in [3.05, 3.63) is 0 Å². The quantitative estimate of drug-likeness (QED) is 0.445. The number of nitrogens with one attached hydrogen (secondary N) is 2. The first-order valence-electron chi connectivity index (χ1n) is 5.45. The Kier molecular flexibility index (Phi) is 3.74. The predicted molar refractivity (Wildman–Crippen MR) is 63.6 cm³/mol. The molecular formula is C10H21N5O. The normalized spacial score (nSPS) is 18.3. The number of nitrogens with two attached hydrogens (primary N) is 1. The number of amidine groups is 1. The molecule has 0 spiro atoms.